The van der Waals surface area contributed by atoms with Gasteiger partial charge in [-0.15, -0.1) is 0 Å². The first kappa shape index (κ1) is 25.1. The molecular formula is C30H31F3O2. The van der Waals surface area contributed by atoms with Gasteiger partial charge in [0.15, 0.2) is 23.2 Å². The van der Waals surface area contributed by atoms with Crippen molar-refractivity contribution in [3.63, 3.8) is 0 Å². The molecule has 0 spiro atoms. The lowest BCUT2D eigenvalue weighted by atomic mass is 9.78. The molecule has 2 nitrogen and oxygen atoms in total. The van der Waals surface area contributed by atoms with E-state index < -0.39 is 23.6 Å². The van der Waals surface area contributed by atoms with Gasteiger partial charge in [-0.3, -0.25) is 0 Å². The smallest absolute Gasteiger partial charge is 0.166 e. The highest BCUT2D eigenvalue weighted by Gasteiger charge is 2.26. The highest BCUT2D eigenvalue weighted by molar-refractivity contribution is 5.65. The molecule has 3 aromatic rings. The molecule has 35 heavy (non-hydrogen) atoms. The summed E-state index contributed by atoms with van der Waals surface area (Å²) < 4.78 is 43.6. The van der Waals surface area contributed by atoms with Crippen molar-refractivity contribution >= 4 is 6.08 Å². The number of halogens is 3. The highest BCUT2D eigenvalue weighted by Crippen LogP contribution is 2.39. The Hall–Kier alpha value is -3.05. The summed E-state index contributed by atoms with van der Waals surface area (Å²) in [5, 5.41) is 19.4. The summed E-state index contributed by atoms with van der Waals surface area (Å²) in [7, 11) is 0. The Labute approximate surface area is 204 Å². The Morgan fingerprint density at radius 3 is 2.29 bits per heavy atom. The largest absolute Gasteiger partial charge is 0.505 e. The molecule has 5 heteroatoms. The normalized spacial score (nSPS) is 19.2. The van der Waals surface area contributed by atoms with E-state index >= 15 is 8.78 Å². The lowest BCUT2D eigenvalue weighted by Crippen LogP contribution is -2.13. The van der Waals surface area contributed by atoms with E-state index in [9.17, 15) is 14.6 Å². The van der Waals surface area contributed by atoms with Crippen molar-refractivity contribution in [1.82, 2.24) is 0 Å². The fourth-order valence-electron chi connectivity index (χ4n) is 4.92. The number of phenols is 1. The van der Waals surface area contributed by atoms with Gasteiger partial charge in [0, 0.05) is 5.56 Å². The molecule has 1 saturated carbocycles. The third-order valence-corrected chi connectivity index (χ3v) is 7.02. The van der Waals surface area contributed by atoms with Crippen molar-refractivity contribution in [3.8, 4) is 16.9 Å². The van der Waals surface area contributed by atoms with Crippen LogP contribution in [0.15, 0.2) is 60.7 Å². The van der Waals surface area contributed by atoms with Crippen molar-refractivity contribution < 1.29 is 23.4 Å². The van der Waals surface area contributed by atoms with E-state index in [-0.39, 0.29) is 23.1 Å². The molecule has 0 amide bonds. The van der Waals surface area contributed by atoms with Crippen molar-refractivity contribution in [2.75, 3.05) is 0 Å². The zero-order valence-corrected chi connectivity index (χ0v) is 19.9. The second-order valence-corrected chi connectivity index (χ2v) is 9.44. The Balaban J connectivity index is 1.42. The molecule has 3 aromatic carbocycles. The summed E-state index contributed by atoms with van der Waals surface area (Å²) in [5.41, 5.74) is 2.68. The van der Waals surface area contributed by atoms with E-state index in [4.69, 9.17) is 0 Å². The number of benzene rings is 3. The van der Waals surface area contributed by atoms with Crippen molar-refractivity contribution in [2.45, 2.75) is 57.5 Å². The number of hydrogen-bond acceptors (Lipinski definition) is 2. The second-order valence-electron chi connectivity index (χ2n) is 9.44. The maximum atomic E-state index is 15.1. The van der Waals surface area contributed by atoms with Crippen LogP contribution in [0.5, 0.6) is 5.75 Å². The molecule has 1 atom stereocenters. The first-order valence-corrected chi connectivity index (χ1v) is 12.3. The summed E-state index contributed by atoms with van der Waals surface area (Å²) in [6.07, 6.45) is 8.02. The predicted octanol–water partition coefficient (Wildman–Crippen LogP) is 8.30. The third kappa shape index (κ3) is 5.79. The lowest BCUT2D eigenvalue weighted by Gasteiger charge is -2.27. The number of rotatable bonds is 7. The Morgan fingerprint density at radius 1 is 0.914 bits per heavy atom. The zero-order valence-electron chi connectivity index (χ0n) is 19.9. The molecule has 0 saturated heterocycles. The molecule has 4 rings (SSSR count). The van der Waals surface area contributed by atoms with Crippen LogP contribution in [0.4, 0.5) is 13.2 Å². The number of phenolic OH excluding ortho intramolecular Hbond substituents is 1. The molecular weight excluding hydrogens is 449 g/mol. The first-order valence-electron chi connectivity index (χ1n) is 12.3. The van der Waals surface area contributed by atoms with Gasteiger partial charge in [-0.1, -0.05) is 68.0 Å². The molecule has 1 unspecified atom stereocenters. The maximum absolute atomic E-state index is 15.1. The summed E-state index contributed by atoms with van der Waals surface area (Å²) in [4.78, 5) is 0. The van der Waals surface area contributed by atoms with Crippen molar-refractivity contribution in [3.05, 3.63) is 94.8 Å². The van der Waals surface area contributed by atoms with E-state index in [0.717, 1.165) is 37.7 Å². The number of aliphatic hydroxyl groups is 1. The van der Waals surface area contributed by atoms with Gasteiger partial charge in [0.25, 0.3) is 0 Å². The molecule has 184 valence electrons. The molecule has 0 heterocycles. The fraction of sp³-hybridized carbons (Fsp3) is 0.333. The third-order valence-electron chi connectivity index (χ3n) is 7.02. The van der Waals surface area contributed by atoms with Crippen LogP contribution in [0, 0.1) is 23.4 Å². The van der Waals surface area contributed by atoms with E-state index in [1.165, 1.54) is 12.1 Å². The average Bonchev–Trinajstić information content (AvgIpc) is 2.87. The molecule has 0 bridgehead atoms. The summed E-state index contributed by atoms with van der Waals surface area (Å²) in [6.45, 7) is 2.00. The van der Waals surface area contributed by atoms with Crippen LogP contribution < -0.4 is 0 Å². The number of aromatic hydroxyl groups is 1. The standard InChI is InChI=1S/C30H31F3O2/c1-2-3-27(34)23-13-11-22(12-14-23)25-16-15-24(29(32)30(25)33)21-9-6-19(7-10-21)4-5-20-8-17-28(35)26(31)18-20/h4-5,8,11-19,21,27,34-35H,2-3,6-7,9-10H2,1H3/b5-4+. The van der Waals surface area contributed by atoms with Gasteiger partial charge in [0.05, 0.1) is 6.10 Å². The van der Waals surface area contributed by atoms with E-state index in [2.05, 4.69) is 0 Å². The Bertz CT molecular complexity index is 1180. The van der Waals surface area contributed by atoms with Crippen LogP contribution in [-0.4, -0.2) is 10.2 Å². The fourth-order valence-corrected chi connectivity index (χ4v) is 4.92. The molecule has 1 aliphatic carbocycles. The molecule has 1 fully saturated rings. The van der Waals surface area contributed by atoms with Crippen LogP contribution in [-0.2, 0) is 0 Å². The van der Waals surface area contributed by atoms with Gasteiger partial charge in [-0.05, 0) is 78.3 Å². The minimum absolute atomic E-state index is 0.0408. The van der Waals surface area contributed by atoms with Gasteiger partial charge >= 0.3 is 0 Å². The molecule has 2 N–H and O–H groups in total. The van der Waals surface area contributed by atoms with E-state index in [0.29, 0.717) is 23.1 Å². The van der Waals surface area contributed by atoms with E-state index in [1.807, 2.05) is 19.1 Å². The van der Waals surface area contributed by atoms with Crippen molar-refractivity contribution in [2.24, 2.45) is 5.92 Å². The number of hydrogen-bond donors (Lipinski definition) is 2. The molecule has 1 aliphatic rings. The minimum Gasteiger partial charge on any atom is -0.505 e. The van der Waals surface area contributed by atoms with E-state index in [1.54, 1.807) is 42.5 Å². The monoisotopic (exact) mass is 480 g/mol. The van der Waals surface area contributed by atoms with Crippen LogP contribution >= 0.6 is 0 Å². The summed E-state index contributed by atoms with van der Waals surface area (Å²) in [6, 6.07) is 14.6. The first-order chi connectivity index (χ1) is 16.9. The Morgan fingerprint density at radius 2 is 1.63 bits per heavy atom. The van der Waals surface area contributed by atoms with Gasteiger partial charge in [-0.25, -0.2) is 13.2 Å². The van der Waals surface area contributed by atoms with Gasteiger partial charge < -0.3 is 10.2 Å². The maximum Gasteiger partial charge on any atom is 0.166 e. The Kier molecular flexibility index (Phi) is 7.97. The van der Waals surface area contributed by atoms with Crippen molar-refractivity contribution in [1.29, 1.82) is 0 Å². The highest BCUT2D eigenvalue weighted by atomic mass is 19.2. The van der Waals surface area contributed by atoms with Gasteiger partial charge in [-0.2, -0.15) is 0 Å². The van der Waals surface area contributed by atoms with Crippen LogP contribution in [0.25, 0.3) is 17.2 Å². The summed E-state index contributed by atoms with van der Waals surface area (Å²) >= 11 is 0. The SMILES string of the molecule is CCCC(O)c1ccc(-c2ccc(C3CCC(/C=C/c4ccc(O)c(F)c4)CC3)c(F)c2F)cc1. The average molecular weight is 481 g/mol. The van der Waals surface area contributed by atoms with Crippen LogP contribution in [0.2, 0.25) is 0 Å². The topological polar surface area (TPSA) is 40.5 Å². The van der Waals surface area contributed by atoms with Crippen LogP contribution in [0.3, 0.4) is 0 Å². The van der Waals surface area contributed by atoms with Gasteiger partial charge in [0.1, 0.15) is 0 Å². The van der Waals surface area contributed by atoms with Gasteiger partial charge in [0.2, 0.25) is 0 Å². The second kappa shape index (κ2) is 11.1. The van der Waals surface area contributed by atoms with Crippen LogP contribution in [0.1, 0.15) is 74.2 Å². The zero-order chi connectivity index (χ0) is 24.9. The number of allylic oxidation sites excluding steroid dienone is 1. The lowest BCUT2D eigenvalue weighted by molar-refractivity contribution is 0.166. The molecule has 0 aromatic heterocycles. The molecule has 0 aliphatic heterocycles. The quantitative estimate of drug-likeness (QED) is 0.357. The number of aliphatic hydroxyl groups excluding tert-OH is 1. The summed E-state index contributed by atoms with van der Waals surface area (Å²) in [5.74, 6) is -2.39. The minimum atomic E-state index is -0.833. The predicted molar refractivity (Wildman–Crippen MR) is 133 cm³/mol. The molecule has 0 radical (unpaired) electrons.